The highest BCUT2D eigenvalue weighted by Crippen LogP contribution is 2.15. The van der Waals surface area contributed by atoms with Crippen molar-refractivity contribution in [2.45, 2.75) is 52.2 Å². The summed E-state index contributed by atoms with van der Waals surface area (Å²) in [4.78, 5) is 14.4. The number of nitrogens with one attached hydrogen (secondary N) is 1. The number of carbonyl (C=O) groups excluding carboxylic acids is 1. The third kappa shape index (κ3) is 5.04. The van der Waals surface area contributed by atoms with Gasteiger partial charge in [-0.25, -0.2) is 0 Å². The van der Waals surface area contributed by atoms with E-state index in [-0.39, 0.29) is 12.0 Å². The summed E-state index contributed by atoms with van der Waals surface area (Å²) in [5, 5.41) is 3.31. The first kappa shape index (κ1) is 14.5. The Bertz CT molecular complexity index is 242. The van der Waals surface area contributed by atoms with Crippen LogP contribution in [-0.2, 0) is 9.53 Å². The van der Waals surface area contributed by atoms with E-state index in [2.05, 4.69) is 17.1 Å². The Balaban J connectivity index is 2.60. The largest absolute Gasteiger partial charge is 0.459 e. The summed E-state index contributed by atoms with van der Waals surface area (Å²) in [6.45, 7) is 11.7. The summed E-state index contributed by atoms with van der Waals surface area (Å²) in [6, 6.07) is -0.0682. The Hall–Kier alpha value is -0.610. The molecular weight excluding hydrogens is 216 g/mol. The van der Waals surface area contributed by atoms with Gasteiger partial charge in [-0.15, -0.1) is 0 Å². The van der Waals surface area contributed by atoms with Crippen molar-refractivity contribution in [2.75, 3.05) is 26.2 Å². The average Bonchev–Trinajstić information content (AvgIpc) is 2.24. The number of ether oxygens (including phenoxy) is 1. The second-order valence-corrected chi connectivity index (χ2v) is 5.62. The molecule has 1 heterocycles. The normalized spacial score (nSPS) is 20.0. The third-order valence-corrected chi connectivity index (χ3v) is 2.83. The van der Waals surface area contributed by atoms with Crippen molar-refractivity contribution in [1.29, 1.82) is 0 Å². The van der Waals surface area contributed by atoms with Crippen LogP contribution < -0.4 is 5.32 Å². The highest BCUT2D eigenvalue weighted by atomic mass is 16.6. The zero-order chi connectivity index (χ0) is 12.9. The predicted molar refractivity (Wildman–Crippen MR) is 69.0 cm³/mol. The predicted octanol–water partition coefficient (Wildman–Crippen LogP) is 1.40. The minimum atomic E-state index is -0.392. The van der Waals surface area contributed by atoms with Gasteiger partial charge in [-0.3, -0.25) is 9.69 Å². The minimum absolute atomic E-state index is 0.0682. The van der Waals surface area contributed by atoms with Crippen LogP contribution in [0.25, 0.3) is 0 Å². The molecule has 4 heteroatoms. The molecule has 1 N–H and O–H groups in total. The van der Waals surface area contributed by atoms with E-state index in [0.717, 1.165) is 39.0 Å². The molecule has 1 rings (SSSR count). The van der Waals surface area contributed by atoms with Crippen molar-refractivity contribution < 1.29 is 9.53 Å². The Morgan fingerprint density at radius 2 is 1.94 bits per heavy atom. The van der Waals surface area contributed by atoms with E-state index in [1.54, 1.807) is 0 Å². The van der Waals surface area contributed by atoms with E-state index in [1.807, 2.05) is 20.8 Å². The van der Waals surface area contributed by atoms with E-state index in [9.17, 15) is 4.79 Å². The molecule has 1 saturated heterocycles. The quantitative estimate of drug-likeness (QED) is 0.757. The first-order valence-corrected chi connectivity index (χ1v) is 6.61. The maximum Gasteiger partial charge on any atom is 0.323 e. The van der Waals surface area contributed by atoms with Crippen LogP contribution in [0.5, 0.6) is 0 Å². The molecule has 0 aromatic heterocycles. The number of hydrogen-bond acceptors (Lipinski definition) is 4. The molecule has 0 radical (unpaired) electrons. The van der Waals surface area contributed by atoms with E-state index < -0.39 is 5.60 Å². The van der Waals surface area contributed by atoms with Crippen molar-refractivity contribution in [3.63, 3.8) is 0 Å². The maximum atomic E-state index is 12.2. The van der Waals surface area contributed by atoms with Crippen LogP contribution in [0.1, 0.15) is 40.5 Å². The van der Waals surface area contributed by atoms with Gasteiger partial charge in [0.25, 0.3) is 0 Å². The average molecular weight is 242 g/mol. The molecule has 0 saturated carbocycles. The first-order chi connectivity index (χ1) is 7.94. The van der Waals surface area contributed by atoms with E-state index >= 15 is 0 Å². The third-order valence-electron chi connectivity index (χ3n) is 2.83. The standard InChI is InChI=1S/C13H26N2O2/c1-5-6-11(12(16)17-13(2,3)4)15-9-7-14-8-10-15/h11,14H,5-10H2,1-4H3. The molecule has 0 spiro atoms. The highest BCUT2D eigenvalue weighted by Gasteiger charge is 2.30. The summed E-state index contributed by atoms with van der Waals surface area (Å²) in [6.07, 6.45) is 1.89. The van der Waals surface area contributed by atoms with Gasteiger partial charge in [0.15, 0.2) is 0 Å². The lowest BCUT2D eigenvalue weighted by Crippen LogP contribution is -2.52. The van der Waals surface area contributed by atoms with Gasteiger partial charge in [0.2, 0.25) is 0 Å². The molecule has 1 aliphatic heterocycles. The number of carbonyl (C=O) groups is 1. The Morgan fingerprint density at radius 3 is 2.41 bits per heavy atom. The molecular formula is C13H26N2O2. The summed E-state index contributed by atoms with van der Waals surface area (Å²) in [5.74, 6) is -0.0683. The van der Waals surface area contributed by atoms with Gasteiger partial charge in [0.1, 0.15) is 11.6 Å². The molecule has 1 aliphatic rings. The smallest absolute Gasteiger partial charge is 0.323 e. The minimum Gasteiger partial charge on any atom is -0.459 e. The SMILES string of the molecule is CCCC(C(=O)OC(C)(C)C)N1CCNCC1. The number of rotatable bonds is 4. The maximum absolute atomic E-state index is 12.2. The van der Waals surface area contributed by atoms with Crippen LogP contribution >= 0.6 is 0 Å². The summed E-state index contributed by atoms with van der Waals surface area (Å²) in [5.41, 5.74) is -0.392. The fraction of sp³-hybridized carbons (Fsp3) is 0.923. The molecule has 0 aromatic rings. The first-order valence-electron chi connectivity index (χ1n) is 6.61. The molecule has 17 heavy (non-hydrogen) atoms. The lowest BCUT2D eigenvalue weighted by Gasteiger charge is -2.34. The van der Waals surface area contributed by atoms with Crippen LogP contribution in [0.15, 0.2) is 0 Å². The van der Waals surface area contributed by atoms with Gasteiger partial charge in [0.05, 0.1) is 0 Å². The monoisotopic (exact) mass is 242 g/mol. The van der Waals surface area contributed by atoms with E-state index in [4.69, 9.17) is 4.74 Å². The van der Waals surface area contributed by atoms with Gasteiger partial charge in [-0.05, 0) is 27.2 Å². The molecule has 0 amide bonds. The van der Waals surface area contributed by atoms with Gasteiger partial charge in [-0.1, -0.05) is 13.3 Å². The second kappa shape index (κ2) is 6.36. The molecule has 0 bridgehead atoms. The molecule has 1 unspecified atom stereocenters. The van der Waals surface area contributed by atoms with Crippen LogP contribution in [0.2, 0.25) is 0 Å². The van der Waals surface area contributed by atoms with Gasteiger partial charge < -0.3 is 10.1 Å². The van der Waals surface area contributed by atoms with Gasteiger partial charge in [0, 0.05) is 26.2 Å². The molecule has 1 atom stereocenters. The Morgan fingerprint density at radius 1 is 1.35 bits per heavy atom. The van der Waals surface area contributed by atoms with E-state index in [1.165, 1.54) is 0 Å². The summed E-state index contributed by atoms with van der Waals surface area (Å²) < 4.78 is 5.50. The number of piperazine rings is 1. The fourth-order valence-corrected chi connectivity index (χ4v) is 2.09. The van der Waals surface area contributed by atoms with Gasteiger partial charge >= 0.3 is 5.97 Å². The second-order valence-electron chi connectivity index (χ2n) is 5.62. The molecule has 4 nitrogen and oxygen atoms in total. The summed E-state index contributed by atoms with van der Waals surface area (Å²) in [7, 11) is 0. The number of esters is 1. The topological polar surface area (TPSA) is 41.6 Å². The van der Waals surface area contributed by atoms with Crippen molar-refractivity contribution in [3.8, 4) is 0 Å². The Labute approximate surface area is 105 Å². The molecule has 1 fully saturated rings. The van der Waals surface area contributed by atoms with Crippen LogP contribution in [0, 0.1) is 0 Å². The molecule has 0 aromatic carbocycles. The lowest BCUT2D eigenvalue weighted by molar-refractivity contribution is -0.162. The number of nitrogens with zero attached hydrogens (tertiary/aromatic N) is 1. The highest BCUT2D eigenvalue weighted by molar-refractivity contribution is 5.76. The van der Waals surface area contributed by atoms with Gasteiger partial charge in [-0.2, -0.15) is 0 Å². The summed E-state index contributed by atoms with van der Waals surface area (Å²) >= 11 is 0. The fourth-order valence-electron chi connectivity index (χ4n) is 2.09. The number of hydrogen-bond donors (Lipinski definition) is 1. The Kier molecular flexibility index (Phi) is 5.40. The molecule has 100 valence electrons. The van der Waals surface area contributed by atoms with Crippen LogP contribution in [-0.4, -0.2) is 48.7 Å². The van der Waals surface area contributed by atoms with E-state index in [0.29, 0.717) is 0 Å². The lowest BCUT2D eigenvalue weighted by atomic mass is 10.1. The molecule has 0 aliphatic carbocycles. The van der Waals surface area contributed by atoms with Crippen molar-refractivity contribution in [3.05, 3.63) is 0 Å². The van der Waals surface area contributed by atoms with Crippen LogP contribution in [0.3, 0.4) is 0 Å². The zero-order valence-corrected chi connectivity index (χ0v) is 11.6. The van der Waals surface area contributed by atoms with Crippen LogP contribution in [0.4, 0.5) is 0 Å². The van der Waals surface area contributed by atoms with Crippen molar-refractivity contribution in [1.82, 2.24) is 10.2 Å². The zero-order valence-electron chi connectivity index (χ0n) is 11.6. The van der Waals surface area contributed by atoms with Crippen molar-refractivity contribution in [2.24, 2.45) is 0 Å². The van der Waals surface area contributed by atoms with Crippen molar-refractivity contribution >= 4 is 5.97 Å².